The van der Waals surface area contributed by atoms with E-state index in [1.807, 2.05) is 34.7 Å². The van der Waals surface area contributed by atoms with Gasteiger partial charge in [-0.15, -0.1) is 11.3 Å². The molecule has 2 aromatic rings. The van der Waals surface area contributed by atoms with Crippen molar-refractivity contribution in [3.63, 3.8) is 0 Å². The van der Waals surface area contributed by atoms with E-state index in [2.05, 4.69) is 9.97 Å². The first-order valence-electron chi connectivity index (χ1n) is 7.93. The van der Waals surface area contributed by atoms with Crippen molar-refractivity contribution in [3.8, 4) is 0 Å². The summed E-state index contributed by atoms with van der Waals surface area (Å²) >= 11 is 1.66. The number of nitrogens with zero attached hydrogens (tertiary/aromatic N) is 3. The van der Waals surface area contributed by atoms with Crippen molar-refractivity contribution >= 4 is 17.2 Å². The highest BCUT2D eigenvalue weighted by molar-refractivity contribution is 7.09. The van der Waals surface area contributed by atoms with E-state index in [0.717, 1.165) is 42.9 Å². The zero-order valence-electron chi connectivity index (χ0n) is 12.6. The Balaban J connectivity index is 1.56. The maximum atomic E-state index is 12.6. The molecule has 0 spiro atoms. The number of hydrogen-bond donors (Lipinski definition) is 0. The van der Waals surface area contributed by atoms with Crippen LogP contribution in [0.15, 0.2) is 36.0 Å². The van der Waals surface area contributed by atoms with E-state index in [-0.39, 0.29) is 11.9 Å². The van der Waals surface area contributed by atoms with Crippen molar-refractivity contribution in [2.24, 2.45) is 0 Å². The molecular weight excluding hydrogens is 294 g/mol. The summed E-state index contributed by atoms with van der Waals surface area (Å²) < 4.78 is 0. The van der Waals surface area contributed by atoms with Crippen LogP contribution < -0.4 is 0 Å². The molecule has 1 aliphatic heterocycles. The smallest absolute Gasteiger partial charge is 0.223 e. The Labute approximate surface area is 135 Å². The number of likely N-dealkylation sites (tertiary alicyclic amines) is 1. The summed E-state index contributed by atoms with van der Waals surface area (Å²) in [5.41, 5.74) is 1.06. The molecule has 5 heteroatoms. The van der Waals surface area contributed by atoms with Gasteiger partial charge >= 0.3 is 0 Å². The Morgan fingerprint density at radius 2 is 2.23 bits per heavy atom. The second-order valence-electron chi connectivity index (χ2n) is 5.64. The Kier molecular flexibility index (Phi) is 5.16. The molecule has 0 unspecified atom stereocenters. The number of pyridine rings is 1. The fourth-order valence-electron chi connectivity index (χ4n) is 3.00. The third-order valence-electron chi connectivity index (χ3n) is 4.11. The molecule has 0 aliphatic carbocycles. The Morgan fingerprint density at radius 1 is 1.27 bits per heavy atom. The Morgan fingerprint density at radius 3 is 3.00 bits per heavy atom. The van der Waals surface area contributed by atoms with Crippen LogP contribution in [0, 0.1) is 0 Å². The van der Waals surface area contributed by atoms with Gasteiger partial charge in [-0.1, -0.05) is 6.07 Å². The highest BCUT2D eigenvalue weighted by Crippen LogP contribution is 2.32. The number of piperidine rings is 1. The number of aryl methyl sites for hydroxylation is 1. The van der Waals surface area contributed by atoms with Gasteiger partial charge in [0.1, 0.15) is 5.01 Å². The molecule has 0 radical (unpaired) electrons. The molecule has 3 rings (SSSR count). The topological polar surface area (TPSA) is 46.1 Å². The van der Waals surface area contributed by atoms with Gasteiger partial charge in [0, 0.05) is 36.4 Å². The number of amides is 1. The molecular formula is C17H21N3OS. The fraction of sp³-hybridized carbons (Fsp3) is 0.471. The van der Waals surface area contributed by atoms with E-state index in [1.165, 1.54) is 6.42 Å². The molecule has 22 heavy (non-hydrogen) atoms. The maximum absolute atomic E-state index is 12.6. The van der Waals surface area contributed by atoms with Crippen molar-refractivity contribution in [1.29, 1.82) is 0 Å². The van der Waals surface area contributed by atoms with Gasteiger partial charge in [0.05, 0.1) is 6.04 Å². The van der Waals surface area contributed by atoms with Gasteiger partial charge < -0.3 is 4.90 Å². The van der Waals surface area contributed by atoms with Crippen molar-refractivity contribution < 1.29 is 4.79 Å². The molecule has 1 fully saturated rings. The van der Waals surface area contributed by atoms with Gasteiger partial charge in [-0.3, -0.25) is 9.78 Å². The molecule has 1 atom stereocenters. The number of rotatable bonds is 5. The standard InChI is InChI=1S/C17H21N3OS/c21-16(9-5-7-14-6-1-3-10-18-14)20-12-4-2-8-15(20)17-19-11-13-22-17/h1,3,6,10-11,13,15H,2,4-5,7-9,12H2/t15-/m1/s1. The van der Waals surface area contributed by atoms with E-state index in [1.54, 1.807) is 17.5 Å². The lowest BCUT2D eigenvalue weighted by Crippen LogP contribution is -2.38. The van der Waals surface area contributed by atoms with Crippen LogP contribution >= 0.6 is 11.3 Å². The number of carbonyl (C=O) groups is 1. The van der Waals surface area contributed by atoms with Crippen LogP contribution in [0.2, 0.25) is 0 Å². The lowest BCUT2D eigenvalue weighted by atomic mass is 10.0. The zero-order chi connectivity index (χ0) is 15.2. The van der Waals surface area contributed by atoms with Crippen LogP contribution in [0.4, 0.5) is 0 Å². The van der Waals surface area contributed by atoms with E-state index >= 15 is 0 Å². The van der Waals surface area contributed by atoms with Crippen LogP contribution in [0.3, 0.4) is 0 Å². The third kappa shape index (κ3) is 3.71. The first-order chi connectivity index (χ1) is 10.8. The molecule has 0 N–H and O–H groups in total. The molecule has 116 valence electrons. The Bertz CT molecular complexity index is 585. The van der Waals surface area contributed by atoms with Gasteiger partial charge in [0.25, 0.3) is 0 Å². The van der Waals surface area contributed by atoms with Gasteiger partial charge in [0.2, 0.25) is 5.91 Å². The molecule has 0 aromatic carbocycles. The molecule has 1 saturated heterocycles. The Hall–Kier alpha value is -1.75. The normalized spacial score (nSPS) is 18.4. The molecule has 3 heterocycles. The molecule has 1 amide bonds. The van der Waals surface area contributed by atoms with Crippen molar-refractivity contribution in [3.05, 3.63) is 46.7 Å². The van der Waals surface area contributed by atoms with Crippen molar-refractivity contribution in [2.75, 3.05) is 6.54 Å². The summed E-state index contributed by atoms with van der Waals surface area (Å²) in [6.07, 6.45) is 9.28. The first kappa shape index (κ1) is 15.2. The summed E-state index contributed by atoms with van der Waals surface area (Å²) in [4.78, 5) is 23.3. The van der Waals surface area contributed by atoms with E-state index in [9.17, 15) is 4.79 Å². The first-order valence-corrected chi connectivity index (χ1v) is 8.81. The number of hydrogen-bond acceptors (Lipinski definition) is 4. The van der Waals surface area contributed by atoms with Gasteiger partial charge in [-0.2, -0.15) is 0 Å². The van der Waals surface area contributed by atoms with E-state index in [4.69, 9.17) is 0 Å². The minimum atomic E-state index is 0.191. The lowest BCUT2D eigenvalue weighted by molar-refractivity contribution is -0.135. The molecule has 2 aromatic heterocycles. The second kappa shape index (κ2) is 7.49. The number of thiazole rings is 1. The quantitative estimate of drug-likeness (QED) is 0.846. The molecule has 0 bridgehead atoms. The summed E-state index contributed by atoms with van der Waals surface area (Å²) in [5, 5.41) is 3.07. The van der Waals surface area contributed by atoms with E-state index < -0.39 is 0 Å². The summed E-state index contributed by atoms with van der Waals surface area (Å²) in [5.74, 6) is 0.260. The predicted octanol–water partition coefficient (Wildman–Crippen LogP) is 3.61. The molecule has 0 saturated carbocycles. The summed E-state index contributed by atoms with van der Waals surface area (Å²) in [6, 6.07) is 6.12. The van der Waals surface area contributed by atoms with Crippen LogP contribution in [-0.2, 0) is 11.2 Å². The van der Waals surface area contributed by atoms with Crippen LogP contribution in [0.1, 0.15) is 48.8 Å². The van der Waals surface area contributed by atoms with Crippen LogP contribution in [0.5, 0.6) is 0 Å². The lowest BCUT2D eigenvalue weighted by Gasteiger charge is -2.34. The number of carbonyl (C=O) groups excluding carboxylic acids is 1. The van der Waals surface area contributed by atoms with Crippen LogP contribution in [-0.4, -0.2) is 27.3 Å². The average Bonchev–Trinajstić information content (AvgIpc) is 3.10. The summed E-state index contributed by atoms with van der Waals surface area (Å²) in [7, 11) is 0. The minimum absolute atomic E-state index is 0.191. The highest BCUT2D eigenvalue weighted by atomic mass is 32.1. The predicted molar refractivity (Wildman–Crippen MR) is 87.6 cm³/mol. The van der Waals surface area contributed by atoms with Gasteiger partial charge in [0.15, 0.2) is 0 Å². The molecule has 1 aliphatic rings. The molecule has 4 nitrogen and oxygen atoms in total. The second-order valence-corrected chi connectivity index (χ2v) is 6.57. The maximum Gasteiger partial charge on any atom is 0.223 e. The van der Waals surface area contributed by atoms with Crippen molar-refractivity contribution in [1.82, 2.24) is 14.9 Å². The summed E-state index contributed by atoms with van der Waals surface area (Å²) in [6.45, 7) is 0.868. The van der Waals surface area contributed by atoms with E-state index in [0.29, 0.717) is 6.42 Å². The van der Waals surface area contributed by atoms with Crippen molar-refractivity contribution in [2.45, 2.75) is 44.6 Å². The monoisotopic (exact) mass is 315 g/mol. The third-order valence-corrected chi connectivity index (χ3v) is 4.99. The highest BCUT2D eigenvalue weighted by Gasteiger charge is 2.29. The van der Waals surface area contributed by atoms with Crippen LogP contribution in [0.25, 0.3) is 0 Å². The average molecular weight is 315 g/mol. The zero-order valence-corrected chi connectivity index (χ0v) is 13.5. The van der Waals surface area contributed by atoms with Gasteiger partial charge in [-0.25, -0.2) is 4.98 Å². The fourth-order valence-corrected chi connectivity index (χ4v) is 3.78. The minimum Gasteiger partial charge on any atom is -0.333 e. The van der Waals surface area contributed by atoms with Gasteiger partial charge in [-0.05, 0) is 44.2 Å². The number of aromatic nitrogens is 2. The largest absolute Gasteiger partial charge is 0.333 e. The SMILES string of the molecule is O=C(CCCc1ccccn1)N1CCCC[C@@H]1c1nccs1.